The number of nitrogens with one attached hydrogen (secondary N) is 2. The maximum absolute atomic E-state index is 11.9. The lowest BCUT2D eigenvalue weighted by atomic mass is 10.1. The van der Waals surface area contributed by atoms with Crippen molar-refractivity contribution < 1.29 is 8.42 Å². The monoisotopic (exact) mass is 296 g/mol. The van der Waals surface area contributed by atoms with Crippen LogP contribution in [0.2, 0.25) is 0 Å². The van der Waals surface area contributed by atoms with E-state index in [0.717, 1.165) is 24.9 Å². The minimum atomic E-state index is -2.88. The molecule has 20 heavy (non-hydrogen) atoms. The van der Waals surface area contributed by atoms with Gasteiger partial charge in [-0.15, -0.1) is 0 Å². The van der Waals surface area contributed by atoms with Crippen molar-refractivity contribution >= 4 is 15.5 Å². The highest BCUT2D eigenvalue weighted by molar-refractivity contribution is 7.92. The van der Waals surface area contributed by atoms with Gasteiger partial charge in [0.2, 0.25) is 0 Å². The average Bonchev–Trinajstić information content (AvgIpc) is 2.41. The van der Waals surface area contributed by atoms with Crippen molar-refractivity contribution in [2.24, 2.45) is 0 Å². The number of rotatable bonds is 5. The van der Waals surface area contributed by atoms with Gasteiger partial charge in [0.1, 0.15) is 0 Å². The van der Waals surface area contributed by atoms with Crippen LogP contribution in [0.1, 0.15) is 30.4 Å². The molecule has 0 aromatic heterocycles. The summed E-state index contributed by atoms with van der Waals surface area (Å²) in [4.78, 5) is 0. The smallest absolute Gasteiger partial charge is 0.154 e. The minimum Gasteiger partial charge on any atom is -0.388 e. The minimum absolute atomic E-state index is 0.209. The number of aryl methyl sites for hydroxylation is 1. The summed E-state index contributed by atoms with van der Waals surface area (Å²) in [7, 11) is -0.977. The Kier molecular flexibility index (Phi) is 5.05. The molecular weight excluding hydrogens is 272 g/mol. The number of sulfone groups is 1. The van der Waals surface area contributed by atoms with Gasteiger partial charge in [0.05, 0.1) is 11.0 Å². The summed E-state index contributed by atoms with van der Waals surface area (Å²) in [6.45, 7) is 3.32. The number of hydrogen-bond donors (Lipinski definition) is 2. The van der Waals surface area contributed by atoms with Gasteiger partial charge < -0.3 is 10.6 Å². The molecule has 1 saturated heterocycles. The lowest BCUT2D eigenvalue weighted by molar-refractivity contribution is 0.520. The van der Waals surface area contributed by atoms with Gasteiger partial charge in [-0.25, -0.2) is 8.42 Å². The van der Waals surface area contributed by atoms with Crippen LogP contribution >= 0.6 is 0 Å². The van der Waals surface area contributed by atoms with Gasteiger partial charge in [0, 0.05) is 25.8 Å². The number of benzene rings is 1. The molecule has 1 fully saturated rings. The van der Waals surface area contributed by atoms with E-state index in [0.29, 0.717) is 18.8 Å². The van der Waals surface area contributed by atoms with Gasteiger partial charge in [-0.3, -0.25) is 0 Å². The molecule has 2 rings (SSSR count). The summed E-state index contributed by atoms with van der Waals surface area (Å²) in [5, 5.41) is 6.27. The SMILES string of the molecule is CNc1ccc(C)cc1CNCC1CCCCS1(=O)=O. The normalized spacial score (nSPS) is 21.6. The van der Waals surface area contributed by atoms with E-state index in [4.69, 9.17) is 0 Å². The molecule has 1 heterocycles. The van der Waals surface area contributed by atoms with Crippen LogP contribution in [0.5, 0.6) is 0 Å². The summed E-state index contributed by atoms with van der Waals surface area (Å²) < 4.78 is 23.9. The highest BCUT2D eigenvalue weighted by Crippen LogP contribution is 2.20. The maximum Gasteiger partial charge on any atom is 0.154 e. The number of hydrogen-bond acceptors (Lipinski definition) is 4. The van der Waals surface area contributed by atoms with Gasteiger partial charge in [0.25, 0.3) is 0 Å². The van der Waals surface area contributed by atoms with Crippen molar-refractivity contribution in [3.05, 3.63) is 29.3 Å². The van der Waals surface area contributed by atoms with E-state index in [-0.39, 0.29) is 5.25 Å². The Balaban J connectivity index is 1.94. The van der Waals surface area contributed by atoms with Crippen molar-refractivity contribution in [1.82, 2.24) is 5.32 Å². The molecule has 2 N–H and O–H groups in total. The van der Waals surface area contributed by atoms with Gasteiger partial charge in [0.15, 0.2) is 9.84 Å². The molecule has 0 saturated carbocycles. The van der Waals surface area contributed by atoms with Crippen LogP contribution in [0.3, 0.4) is 0 Å². The van der Waals surface area contributed by atoms with Crippen LogP contribution in [0.4, 0.5) is 5.69 Å². The Hall–Kier alpha value is -1.07. The van der Waals surface area contributed by atoms with Gasteiger partial charge in [-0.2, -0.15) is 0 Å². The fourth-order valence-corrected chi connectivity index (χ4v) is 4.57. The van der Waals surface area contributed by atoms with Crippen molar-refractivity contribution in [1.29, 1.82) is 0 Å². The van der Waals surface area contributed by atoms with Crippen molar-refractivity contribution in [2.45, 2.75) is 38.0 Å². The summed E-state index contributed by atoms with van der Waals surface area (Å²) in [6, 6.07) is 6.26. The van der Waals surface area contributed by atoms with Crippen LogP contribution in [-0.4, -0.2) is 33.0 Å². The van der Waals surface area contributed by atoms with E-state index in [1.165, 1.54) is 11.1 Å². The molecule has 1 aliphatic heterocycles. The van der Waals surface area contributed by atoms with Crippen LogP contribution in [0, 0.1) is 6.92 Å². The van der Waals surface area contributed by atoms with Crippen LogP contribution in [0.15, 0.2) is 18.2 Å². The third-order valence-electron chi connectivity index (χ3n) is 3.93. The predicted molar refractivity (Wildman–Crippen MR) is 83.9 cm³/mol. The third-order valence-corrected chi connectivity index (χ3v) is 6.21. The van der Waals surface area contributed by atoms with E-state index in [1.54, 1.807) is 0 Å². The summed E-state index contributed by atoms with van der Waals surface area (Å²) >= 11 is 0. The first kappa shape index (κ1) is 15.3. The first-order valence-electron chi connectivity index (χ1n) is 7.22. The molecule has 1 aromatic carbocycles. The van der Waals surface area contributed by atoms with E-state index >= 15 is 0 Å². The molecule has 0 amide bonds. The quantitative estimate of drug-likeness (QED) is 0.873. The first-order valence-corrected chi connectivity index (χ1v) is 8.94. The maximum atomic E-state index is 11.9. The Bertz CT molecular complexity index is 555. The van der Waals surface area contributed by atoms with Crippen LogP contribution < -0.4 is 10.6 Å². The van der Waals surface area contributed by atoms with Crippen molar-refractivity contribution in [2.75, 3.05) is 24.7 Å². The second-order valence-electron chi connectivity index (χ2n) is 5.53. The van der Waals surface area contributed by atoms with Crippen molar-refractivity contribution in [3.63, 3.8) is 0 Å². The molecule has 1 aliphatic rings. The fraction of sp³-hybridized carbons (Fsp3) is 0.600. The number of anilines is 1. The Morgan fingerprint density at radius 1 is 1.30 bits per heavy atom. The van der Waals surface area contributed by atoms with Gasteiger partial charge in [-0.1, -0.05) is 24.1 Å². The first-order chi connectivity index (χ1) is 9.53. The van der Waals surface area contributed by atoms with Crippen LogP contribution in [-0.2, 0) is 16.4 Å². The molecule has 1 aromatic rings. The predicted octanol–water partition coefficient (Wildman–Crippen LogP) is 2.09. The molecule has 1 atom stereocenters. The molecular formula is C15H24N2O2S. The summed E-state index contributed by atoms with van der Waals surface area (Å²) in [5.74, 6) is 0.353. The Morgan fingerprint density at radius 2 is 2.10 bits per heavy atom. The second-order valence-corrected chi connectivity index (χ2v) is 7.93. The molecule has 4 nitrogen and oxygen atoms in total. The molecule has 0 aliphatic carbocycles. The largest absolute Gasteiger partial charge is 0.388 e. The Morgan fingerprint density at radius 3 is 2.80 bits per heavy atom. The molecule has 112 valence electrons. The Labute approximate surface area is 121 Å². The highest BCUT2D eigenvalue weighted by atomic mass is 32.2. The second kappa shape index (κ2) is 6.59. The zero-order chi connectivity index (χ0) is 14.6. The van der Waals surface area contributed by atoms with E-state index in [2.05, 4.69) is 35.8 Å². The van der Waals surface area contributed by atoms with E-state index in [9.17, 15) is 8.42 Å². The lowest BCUT2D eigenvalue weighted by Gasteiger charge is -2.22. The highest BCUT2D eigenvalue weighted by Gasteiger charge is 2.28. The van der Waals surface area contributed by atoms with Crippen molar-refractivity contribution in [3.8, 4) is 0 Å². The van der Waals surface area contributed by atoms with Gasteiger partial charge in [-0.05, 0) is 31.4 Å². The fourth-order valence-electron chi connectivity index (χ4n) is 2.73. The standard InChI is InChI=1S/C15H24N2O2S/c1-12-6-7-15(16-2)13(9-12)10-17-11-14-5-3-4-8-20(14,18)19/h6-7,9,14,16-17H,3-5,8,10-11H2,1-2H3. The van der Waals surface area contributed by atoms with Gasteiger partial charge >= 0.3 is 0 Å². The molecule has 0 radical (unpaired) electrons. The molecule has 0 bridgehead atoms. The van der Waals surface area contributed by atoms with E-state index in [1.807, 2.05) is 7.05 Å². The topological polar surface area (TPSA) is 58.2 Å². The molecule has 1 unspecified atom stereocenters. The lowest BCUT2D eigenvalue weighted by Crippen LogP contribution is -2.37. The average molecular weight is 296 g/mol. The summed E-state index contributed by atoms with van der Waals surface area (Å²) in [5.41, 5.74) is 3.49. The molecule has 0 spiro atoms. The molecule has 5 heteroatoms. The van der Waals surface area contributed by atoms with Crippen LogP contribution in [0.25, 0.3) is 0 Å². The zero-order valence-electron chi connectivity index (χ0n) is 12.3. The summed E-state index contributed by atoms with van der Waals surface area (Å²) in [6.07, 6.45) is 2.64. The van der Waals surface area contributed by atoms with E-state index < -0.39 is 9.84 Å². The third kappa shape index (κ3) is 3.73. The zero-order valence-corrected chi connectivity index (χ0v) is 13.1.